The Morgan fingerprint density at radius 3 is 2.54 bits per heavy atom. The lowest BCUT2D eigenvalue weighted by Gasteiger charge is -1.98. The molecule has 0 aliphatic rings. The van der Waals surface area contributed by atoms with Gasteiger partial charge in [-0.25, -0.2) is 0 Å². The molecule has 1 nitrogen and oxygen atoms in total. The number of rotatable bonds is 3. The summed E-state index contributed by atoms with van der Waals surface area (Å²) < 4.78 is 0. The van der Waals surface area contributed by atoms with Crippen molar-refractivity contribution in [2.24, 2.45) is 4.99 Å². The molecule has 0 radical (unpaired) electrons. The minimum atomic E-state index is 1.04. The number of hydrogen-bond acceptors (Lipinski definition) is 1. The van der Waals surface area contributed by atoms with Crippen LogP contribution >= 0.6 is 0 Å². The second-order valence-corrected chi connectivity index (χ2v) is 2.79. The molecule has 0 saturated heterocycles. The standard InChI is InChI=1S/C12H15N/c1-3-4-10-12(13-2)11-8-6-5-7-9-11/h4-10H,3H2,1-2H3/b10-4-,13-12+. The first-order valence-corrected chi connectivity index (χ1v) is 4.57. The fraction of sp³-hybridized carbons (Fsp3) is 0.250. The molecule has 0 aliphatic heterocycles. The number of allylic oxidation sites excluding steroid dienone is 2. The SMILES string of the molecule is CC/C=C\C(=N/C)c1ccccc1. The molecule has 0 amide bonds. The van der Waals surface area contributed by atoms with E-state index in [9.17, 15) is 0 Å². The second-order valence-electron chi connectivity index (χ2n) is 2.79. The third kappa shape index (κ3) is 2.86. The van der Waals surface area contributed by atoms with Crippen LogP contribution in [-0.2, 0) is 0 Å². The molecule has 0 aromatic heterocycles. The molecular weight excluding hydrogens is 158 g/mol. The van der Waals surface area contributed by atoms with Gasteiger partial charge in [0, 0.05) is 7.05 Å². The van der Waals surface area contributed by atoms with Gasteiger partial charge in [-0.1, -0.05) is 43.3 Å². The highest BCUT2D eigenvalue weighted by molar-refractivity contribution is 6.08. The highest BCUT2D eigenvalue weighted by Crippen LogP contribution is 2.02. The van der Waals surface area contributed by atoms with Crippen LogP contribution in [0.1, 0.15) is 18.9 Å². The Kier molecular flexibility index (Phi) is 3.97. The van der Waals surface area contributed by atoms with Crippen LogP contribution in [0.5, 0.6) is 0 Å². The van der Waals surface area contributed by atoms with E-state index in [0.29, 0.717) is 0 Å². The maximum atomic E-state index is 4.23. The van der Waals surface area contributed by atoms with Gasteiger partial charge in [-0.05, 0) is 18.1 Å². The lowest BCUT2D eigenvalue weighted by Crippen LogP contribution is -1.95. The summed E-state index contributed by atoms with van der Waals surface area (Å²) in [6, 6.07) is 10.2. The number of nitrogens with zero attached hydrogens (tertiary/aromatic N) is 1. The first-order chi connectivity index (χ1) is 6.38. The predicted molar refractivity (Wildman–Crippen MR) is 58.3 cm³/mol. The summed E-state index contributed by atoms with van der Waals surface area (Å²) in [7, 11) is 1.82. The summed E-state index contributed by atoms with van der Waals surface area (Å²) in [5.41, 5.74) is 2.22. The topological polar surface area (TPSA) is 12.4 Å². The van der Waals surface area contributed by atoms with Crippen molar-refractivity contribution >= 4 is 5.71 Å². The molecule has 0 bridgehead atoms. The van der Waals surface area contributed by atoms with Gasteiger partial charge in [0.2, 0.25) is 0 Å². The van der Waals surface area contributed by atoms with Gasteiger partial charge in [-0.15, -0.1) is 0 Å². The fourth-order valence-corrected chi connectivity index (χ4v) is 1.14. The van der Waals surface area contributed by atoms with Crippen molar-refractivity contribution in [1.82, 2.24) is 0 Å². The molecule has 1 aromatic carbocycles. The minimum absolute atomic E-state index is 1.04. The van der Waals surface area contributed by atoms with E-state index in [1.165, 1.54) is 5.56 Å². The number of hydrogen-bond donors (Lipinski definition) is 0. The molecule has 1 rings (SSSR count). The molecule has 0 atom stereocenters. The molecule has 1 aromatic rings. The van der Waals surface area contributed by atoms with Crippen molar-refractivity contribution in [2.45, 2.75) is 13.3 Å². The Morgan fingerprint density at radius 1 is 1.31 bits per heavy atom. The average molecular weight is 173 g/mol. The summed E-state index contributed by atoms with van der Waals surface area (Å²) in [5, 5.41) is 0. The normalized spacial score (nSPS) is 12.3. The molecule has 0 spiro atoms. The Bertz CT molecular complexity index is 296. The maximum absolute atomic E-state index is 4.23. The Balaban J connectivity index is 2.87. The quantitative estimate of drug-likeness (QED) is 0.623. The zero-order valence-corrected chi connectivity index (χ0v) is 8.20. The molecule has 13 heavy (non-hydrogen) atoms. The van der Waals surface area contributed by atoms with E-state index in [1.54, 1.807) is 0 Å². The molecule has 0 N–H and O–H groups in total. The molecule has 0 unspecified atom stereocenters. The fourth-order valence-electron chi connectivity index (χ4n) is 1.14. The zero-order chi connectivity index (χ0) is 9.52. The van der Waals surface area contributed by atoms with Gasteiger partial charge in [-0.2, -0.15) is 0 Å². The van der Waals surface area contributed by atoms with Crippen LogP contribution in [0.2, 0.25) is 0 Å². The van der Waals surface area contributed by atoms with Crippen molar-refractivity contribution in [2.75, 3.05) is 7.05 Å². The summed E-state index contributed by atoms with van der Waals surface area (Å²) in [6.45, 7) is 2.12. The van der Waals surface area contributed by atoms with Crippen LogP contribution in [0.25, 0.3) is 0 Å². The van der Waals surface area contributed by atoms with Gasteiger partial charge in [0.25, 0.3) is 0 Å². The lowest BCUT2D eigenvalue weighted by molar-refractivity contribution is 1.23. The Labute approximate surface area is 79.8 Å². The third-order valence-electron chi connectivity index (χ3n) is 1.82. The van der Waals surface area contributed by atoms with E-state index in [-0.39, 0.29) is 0 Å². The van der Waals surface area contributed by atoms with E-state index < -0.39 is 0 Å². The van der Waals surface area contributed by atoms with Gasteiger partial charge in [0.1, 0.15) is 0 Å². The smallest absolute Gasteiger partial charge is 0.0639 e. The number of aliphatic imine (C=N–C) groups is 1. The lowest BCUT2D eigenvalue weighted by atomic mass is 10.1. The average Bonchev–Trinajstić information content (AvgIpc) is 2.21. The molecule has 0 fully saturated rings. The van der Waals surface area contributed by atoms with Crippen LogP contribution in [-0.4, -0.2) is 12.8 Å². The summed E-state index contributed by atoms with van der Waals surface area (Å²) in [6.07, 6.45) is 5.23. The molecule has 1 heteroatoms. The predicted octanol–water partition coefficient (Wildman–Crippen LogP) is 3.07. The van der Waals surface area contributed by atoms with E-state index >= 15 is 0 Å². The summed E-state index contributed by atoms with van der Waals surface area (Å²) >= 11 is 0. The zero-order valence-electron chi connectivity index (χ0n) is 8.20. The molecule has 68 valence electrons. The first kappa shape index (κ1) is 9.72. The van der Waals surface area contributed by atoms with E-state index in [0.717, 1.165) is 12.1 Å². The molecule has 0 saturated carbocycles. The van der Waals surface area contributed by atoms with Crippen LogP contribution in [0.4, 0.5) is 0 Å². The van der Waals surface area contributed by atoms with Crippen LogP contribution < -0.4 is 0 Å². The van der Waals surface area contributed by atoms with Crippen molar-refractivity contribution in [1.29, 1.82) is 0 Å². The van der Waals surface area contributed by atoms with Crippen LogP contribution in [0.3, 0.4) is 0 Å². The van der Waals surface area contributed by atoms with Crippen LogP contribution in [0, 0.1) is 0 Å². The van der Waals surface area contributed by atoms with Gasteiger partial charge in [0.15, 0.2) is 0 Å². The van der Waals surface area contributed by atoms with Gasteiger partial charge in [-0.3, -0.25) is 4.99 Å². The largest absolute Gasteiger partial charge is 0.288 e. The van der Waals surface area contributed by atoms with Gasteiger partial charge in [0.05, 0.1) is 5.71 Å². The van der Waals surface area contributed by atoms with E-state index in [2.05, 4.69) is 36.2 Å². The van der Waals surface area contributed by atoms with Gasteiger partial charge < -0.3 is 0 Å². The molecule has 0 aliphatic carbocycles. The van der Waals surface area contributed by atoms with E-state index in [4.69, 9.17) is 0 Å². The van der Waals surface area contributed by atoms with Crippen molar-refractivity contribution in [3.05, 3.63) is 48.0 Å². The molecular formula is C12H15N. The Morgan fingerprint density at radius 2 is 2.00 bits per heavy atom. The minimum Gasteiger partial charge on any atom is -0.288 e. The van der Waals surface area contributed by atoms with Crippen molar-refractivity contribution in [3.8, 4) is 0 Å². The third-order valence-corrected chi connectivity index (χ3v) is 1.82. The van der Waals surface area contributed by atoms with Crippen LogP contribution in [0.15, 0.2) is 47.5 Å². The van der Waals surface area contributed by atoms with Crippen molar-refractivity contribution in [3.63, 3.8) is 0 Å². The van der Waals surface area contributed by atoms with Gasteiger partial charge >= 0.3 is 0 Å². The monoisotopic (exact) mass is 173 g/mol. The highest BCUT2D eigenvalue weighted by Gasteiger charge is 1.94. The summed E-state index contributed by atoms with van der Waals surface area (Å²) in [5.74, 6) is 0. The number of benzene rings is 1. The Hall–Kier alpha value is -1.37. The molecule has 0 heterocycles. The summed E-state index contributed by atoms with van der Waals surface area (Å²) in [4.78, 5) is 4.23. The maximum Gasteiger partial charge on any atom is 0.0639 e. The van der Waals surface area contributed by atoms with E-state index in [1.807, 2.05) is 25.2 Å². The second kappa shape index (κ2) is 5.31. The first-order valence-electron chi connectivity index (χ1n) is 4.57. The highest BCUT2D eigenvalue weighted by atomic mass is 14.7. The van der Waals surface area contributed by atoms with Crippen molar-refractivity contribution < 1.29 is 0 Å².